The summed E-state index contributed by atoms with van der Waals surface area (Å²) in [6.45, 7) is 33.5. The Kier molecular flexibility index (Phi) is 13.8. The van der Waals surface area contributed by atoms with Crippen LogP contribution in [-0.2, 0) is 33.5 Å². The predicted molar refractivity (Wildman–Crippen MR) is 276 cm³/mol. The number of fused-ring (bicyclic) bond motifs is 8. The summed E-state index contributed by atoms with van der Waals surface area (Å²) in [5, 5.41) is 2.03. The van der Waals surface area contributed by atoms with Crippen molar-refractivity contribution in [3.8, 4) is 34.1 Å². The van der Waals surface area contributed by atoms with Crippen LogP contribution in [0.1, 0.15) is 117 Å². The highest BCUT2D eigenvalue weighted by Gasteiger charge is 2.54. The van der Waals surface area contributed by atoms with Gasteiger partial charge < -0.3 is 46.3 Å². The van der Waals surface area contributed by atoms with Gasteiger partial charge in [-0.15, -0.1) is 0 Å². The third kappa shape index (κ3) is 9.87. The topological polar surface area (TPSA) is 90.7 Å². The van der Waals surface area contributed by atoms with Crippen molar-refractivity contribution in [3.63, 3.8) is 0 Å². The Morgan fingerprint density at radius 1 is 0.710 bits per heavy atom. The van der Waals surface area contributed by atoms with E-state index in [4.69, 9.17) is 48.0 Å². The fourth-order valence-electron chi connectivity index (χ4n) is 10.2. The Morgan fingerprint density at radius 3 is 1.84 bits per heavy atom. The van der Waals surface area contributed by atoms with E-state index in [1.54, 1.807) is 14.2 Å². The third-order valence-electron chi connectivity index (χ3n) is 13.0. The normalized spacial score (nSPS) is 17.7. The van der Waals surface area contributed by atoms with Crippen LogP contribution in [0.5, 0.6) is 23.0 Å². The zero-order valence-corrected chi connectivity index (χ0v) is 43.9. The fraction of sp³-hybridized carbons (Fsp3) is 0.456. The molecule has 1 unspecified atom stereocenters. The Balaban J connectivity index is 1.23. The van der Waals surface area contributed by atoms with Crippen LogP contribution in [0.4, 0.5) is 11.4 Å². The molecule has 1 saturated heterocycles. The quantitative estimate of drug-likeness (QED) is 0.0574. The van der Waals surface area contributed by atoms with Crippen molar-refractivity contribution in [1.82, 2.24) is 0 Å². The molecular weight excluding hydrogens is 885 g/mol. The van der Waals surface area contributed by atoms with Gasteiger partial charge in [0.2, 0.25) is 0 Å². The molecule has 0 aromatic heterocycles. The van der Waals surface area contributed by atoms with Gasteiger partial charge >= 0.3 is 9.05 Å². The number of anilines is 1. The number of nitrogens with zero attached hydrogens (tertiary/aromatic N) is 2. The molecule has 1 atom stereocenters. The number of methoxy groups -OCH3 is 2. The minimum Gasteiger partial charge on any atom is -0.497 e. The highest BCUT2D eigenvalue weighted by Crippen LogP contribution is 2.61. The Bertz CT molecular complexity index is 2690. The molecule has 1 aliphatic carbocycles. The molecule has 2 heterocycles. The van der Waals surface area contributed by atoms with Gasteiger partial charge in [0.1, 0.15) is 29.6 Å². The first-order chi connectivity index (χ1) is 32.7. The third-order valence-corrected chi connectivity index (χ3v) is 16.2. The molecular formula is C57H70N2O9Si. The predicted octanol–water partition coefficient (Wildman–Crippen LogP) is 13.0. The van der Waals surface area contributed by atoms with Gasteiger partial charge in [0.05, 0.1) is 63.1 Å². The lowest BCUT2D eigenvalue weighted by molar-refractivity contribution is -0.135. The smallest absolute Gasteiger partial charge is 0.497 e. The summed E-state index contributed by atoms with van der Waals surface area (Å²) in [6.07, 6.45) is 6.15. The van der Waals surface area contributed by atoms with Crippen LogP contribution in [0.3, 0.4) is 0 Å². The van der Waals surface area contributed by atoms with E-state index in [0.29, 0.717) is 24.7 Å². The molecule has 0 bridgehead atoms. The highest BCUT2D eigenvalue weighted by atomic mass is 28.4. The maximum Gasteiger partial charge on any atom is 0.681 e. The van der Waals surface area contributed by atoms with Crippen molar-refractivity contribution in [2.24, 2.45) is 0 Å². The average molecular weight is 955 g/mol. The van der Waals surface area contributed by atoms with Gasteiger partial charge in [0.15, 0.2) is 11.3 Å². The molecule has 11 nitrogen and oxygen atoms in total. The monoisotopic (exact) mass is 954 g/mol. The number of ether oxygens (including phenoxy) is 5. The van der Waals surface area contributed by atoms with Gasteiger partial charge in [0.25, 0.3) is 0 Å². The fourth-order valence-corrected chi connectivity index (χ4v) is 13.1. The SMILES string of the molecule is [C-]#[N+]c1ccc2c(c1)C(CC)(CC)c1c3c(c4cc(OC)c(N5CCOCC5)cc4c1-2)OC(c1ccc(OC)cc1)(c1ccc(OCCO[Si](OC(C)(C)C)(OC(C)(C)C)OC(C)(C)C)cc1)C=C3. The van der Waals surface area contributed by atoms with Gasteiger partial charge in [-0.1, -0.05) is 62.4 Å². The Hall–Kier alpha value is -5.39. The average Bonchev–Trinajstić information content (AvgIpc) is 3.61. The molecule has 2 aliphatic heterocycles. The minimum atomic E-state index is -3.68. The summed E-state index contributed by atoms with van der Waals surface area (Å²) >= 11 is 0. The number of benzene rings is 5. The van der Waals surface area contributed by atoms with Gasteiger partial charge in [0, 0.05) is 40.6 Å². The maximum absolute atomic E-state index is 8.00. The molecule has 0 saturated carbocycles. The van der Waals surface area contributed by atoms with Crippen LogP contribution >= 0.6 is 0 Å². The maximum atomic E-state index is 8.00. The molecule has 5 aromatic carbocycles. The number of morpholine rings is 1. The van der Waals surface area contributed by atoms with Gasteiger partial charge in [-0.2, -0.15) is 0 Å². The summed E-state index contributed by atoms with van der Waals surface area (Å²) in [5.41, 5.74) is 6.13. The van der Waals surface area contributed by atoms with Crippen molar-refractivity contribution in [3.05, 3.63) is 124 Å². The van der Waals surface area contributed by atoms with Crippen molar-refractivity contribution in [2.45, 2.75) is 117 Å². The van der Waals surface area contributed by atoms with Crippen molar-refractivity contribution < 1.29 is 41.4 Å². The minimum absolute atomic E-state index is 0.183. The first-order valence-electron chi connectivity index (χ1n) is 24.3. The van der Waals surface area contributed by atoms with Gasteiger partial charge in [-0.05, 0) is 145 Å². The summed E-state index contributed by atoms with van der Waals surface area (Å²) in [5.74, 6) is 2.96. The van der Waals surface area contributed by atoms with E-state index in [2.05, 4.69) is 84.3 Å². The largest absolute Gasteiger partial charge is 0.681 e. The summed E-state index contributed by atoms with van der Waals surface area (Å²) in [6, 6.07) is 26.9. The zero-order valence-electron chi connectivity index (χ0n) is 42.9. The standard InChI is InChI=1S/C57H70N2O9Si/c1-15-56(16-2)47-35-40(58-12)21-26-43(47)50-45-36-48(59-29-31-62-32-30-59)49(61-14)37-46(45)52-44(51(50)56)27-28-57(65-52,38-17-22-41(60-13)23-18-38)39-19-24-42(25-20-39)63-33-34-64-69(66-53(3,4)5,67-54(6,7)8)68-55(9,10)11/h17-28,35-37H,15-16,29-34H2,1-11,13-14H3. The van der Waals surface area contributed by atoms with Crippen LogP contribution in [0.15, 0.2) is 84.9 Å². The van der Waals surface area contributed by atoms with Crippen LogP contribution < -0.4 is 23.8 Å². The molecule has 0 amide bonds. The van der Waals surface area contributed by atoms with E-state index in [1.807, 2.05) is 92.6 Å². The van der Waals surface area contributed by atoms with Gasteiger partial charge in [-0.25, -0.2) is 4.85 Å². The molecule has 12 heteroatoms. The first-order valence-corrected chi connectivity index (χ1v) is 25.9. The molecule has 5 aromatic rings. The summed E-state index contributed by atoms with van der Waals surface area (Å²) < 4.78 is 57.8. The summed E-state index contributed by atoms with van der Waals surface area (Å²) in [4.78, 5) is 6.26. The zero-order chi connectivity index (χ0) is 49.6. The van der Waals surface area contributed by atoms with Crippen molar-refractivity contribution in [2.75, 3.05) is 58.6 Å². The first kappa shape index (κ1) is 50.0. The second-order valence-electron chi connectivity index (χ2n) is 21.1. The number of hydrogen-bond acceptors (Lipinski definition) is 10. The van der Waals surface area contributed by atoms with E-state index in [9.17, 15) is 0 Å². The Labute approximate surface area is 410 Å². The van der Waals surface area contributed by atoms with E-state index in [-0.39, 0.29) is 18.6 Å². The van der Waals surface area contributed by atoms with Crippen LogP contribution in [0.25, 0.3) is 32.8 Å². The molecule has 0 spiro atoms. The number of hydrogen-bond donors (Lipinski definition) is 0. The van der Waals surface area contributed by atoms with Crippen LogP contribution in [0.2, 0.25) is 0 Å². The molecule has 3 aliphatic rings. The van der Waals surface area contributed by atoms with E-state index >= 15 is 0 Å². The molecule has 8 rings (SSSR count). The lowest BCUT2D eigenvalue weighted by atomic mass is 9.71. The molecule has 0 radical (unpaired) electrons. The van der Waals surface area contributed by atoms with E-state index in [1.165, 1.54) is 16.7 Å². The second-order valence-corrected chi connectivity index (χ2v) is 23.0. The molecule has 69 heavy (non-hydrogen) atoms. The lowest BCUT2D eigenvalue weighted by Crippen LogP contribution is -2.59. The van der Waals surface area contributed by atoms with E-state index < -0.39 is 31.5 Å². The molecule has 366 valence electrons. The van der Waals surface area contributed by atoms with Crippen molar-refractivity contribution >= 4 is 37.3 Å². The van der Waals surface area contributed by atoms with Crippen molar-refractivity contribution in [1.29, 1.82) is 0 Å². The second kappa shape index (κ2) is 19.1. The molecule has 0 N–H and O–H groups in total. The lowest BCUT2D eigenvalue weighted by Gasteiger charge is -2.41. The number of rotatable bonds is 15. The van der Waals surface area contributed by atoms with E-state index in [0.717, 1.165) is 81.9 Å². The van der Waals surface area contributed by atoms with Gasteiger partial charge in [-0.3, -0.25) is 0 Å². The molecule has 1 fully saturated rings. The van der Waals surface area contributed by atoms with Crippen LogP contribution in [-0.4, -0.2) is 79.6 Å². The highest BCUT2D eigenvalue weighted by molar-refractivity contribution is 6.54. The van der Waals surface area contributed by atoms with Crippen LogP contribution in [0, 0.1) is 6.57 Å². The Morgan fingerprint density at radius 2 is 1.30 bits per heavy atom. The summed E-state index contributed by atoms with van der Waals surface area (Å²) in [7, 11) is -0.264.